The normalized spacial score (nSPS) is 11.9. The fourth-order valence-electron chi connectivity index (χ4n) is 3.49. The Bertz CT molecular complexity index is 1740. The van der Waals surface area contributed by atoms with E-state index >= 15 is 0 Å². The molecule has 0 atom stereocenters. The molecule has 0 radical (unpaired) electrons. The van der Waals surface area contributed by atoms with E-state index in [-0.39, 0.29) is 26.1 Å². The maximum absolute atomic E-state index is 10.8. The summed E-state index contributed by atoms with van der Waals surface area (Å²) in [5.74, 6) is -0.355. The first-order valence-electron chi connectivity index (χ1n) is 10.7. The number of nitrogens with zero attached hydrogens (tertiary/aromatic N) is 5. The van der Waals surface area contributed by atoms with Gasteiger partial charge >= 0.3 is 0 Å². The summed E-state index contributed by atoms with van der Waals surface area (Å²) < 4.78 is 3.81. The second kappa shape index (κ2) is 10.7. The fraction of sp³-hybridized carbons (Fsp3) is 0.0769. The van der Waals surface area contributed by atoms with Crippen LogP contribution in [0.15, 0.2) is 77.7 Å². The van der Waals surface area contributed by atoms with Crippen LogP contribution in [0.3, 0.4) is 0 Å². The van der Waals surface area contributed by atoms with E-state index in [0.717, 1.165) is 28.2 Å². The molecular weight excluding hydrogens is 490 g/mol. The third kappa shape index (κ3) is 4.77. The molecule has 0 aliphatic carbocycles. The number of allylic oxidation sites excluding steroid dienone is 1. The molecule has 0 aliphatic rings. The smallest absolute Gasteiger partial charge is 0.226 e. The number of nitriles is 2. The van der Waals surface area contributed by atoms with E-state index in [1.54, 1.807) is 30.3 Å². The van der Waals surface area contributed by atoms with Gasteiger partial charge in [-0.3, -0.25) is 9.98 Å². The number of hydrogen-bond acceptors (Lipinski definition) is 8. The molecular formula is C26H21N7OS2. The molecule has 0 fully saturated rings. The van der Waals surface area contributed by atoms with Gasteiger partial charge in [0.25, 0.3) is 0 Å². The molecule has 10 heteroatoms. The zero-order valence-corrected chi connectivity index (χ0v) is 20.9. The van der Waals surface area contributed by atoms with Gasteiger partial charge in [-0.05, 0) is 24.6 Å². The Morgan fingerprint density at radius 2 is 1.86 bits per heavy atom. The number of hydrogen-bond donors (Lipinski definition) is 3. The first kappa shape index (κ1) is 24.5. The summed E-state index contributed by atoms with van der Waals surface area (Å²) in [6, 6.07) is 20.8. The second-order valence-corrected chi connectivity index (χ2v) is 9.43. The highest BCUT2D eigenvalue weighted by Crippen LogP contribution is 2.20. The minimum Gasteiger partial charge on any atom is -0.493 e. The van der Waals surface area contributed by atoms with Crippen LogP contribution < -0.4 is 24.9 Å². The average molecular weight is 512 g/mol. The zero-order valence-electron chi connectivity index (χ0n) is 19.3. The molecule has 2 aromatic carbocycles. The molecule has 8 nitrogen and oxygen atoms in total. The molecule has 2 aromatic heterocycles. The molecule has 0 saturated carbocycles. The monoisotopic (exact) mass is 511 g/mol. The molecule has 36 heavy (non-hydrogen) atoms. The molecule has 0 spiro atoms. The van der Waals surface area contributed by atoms with Gasteiger partial charge in [-0.25, -0.2) is 5.43 Å². The van der Waals surface area contributed by atoms with Crippen LogP contribution in [0.2, 0.25) is 0 Å². The highest BCUT2D eigenvalue weighted by atomic mass is 32.1. The van der Waals surface area contributed by atoms with Crippen LogP contribution >= 0.6 is 22.7 Å². The fourth-order valence-corrected chi connectivity index (χ4v) is 5.38. The van der Waals surface area contributed by atoms with Crippen molar-refractivity contribution in [3.63, 3.8) is 0 Å². The number of thiazole rings is 2. The lowest BCUT2D eigenvalue weighted by Crippen LogP contribution is -2.34. The summed E-state index contributed by atoms with van der Waals surface area (Å²) in [5, 5.41) is 44.8. The molecule has 178 valence electrons. The molecule has 4 aromatic rings. The van der Waals surface area contributed by atoms with E-state index in [4.69, 9.17) is 5.41 Å². The van der Waals surface area contributed by atoms with Gasteiger partial charge in [0, 0.05) is 17.6 Å². The molecule has 0 bridgehead atoms. The number of aliphatic hydroxyl groups excluding tert-OH is 1. The van der Waals surface area contributed by atoms with Crippen molar-refractivity contribution < 1.29 is 5.11 Å². The quantitative estimate of drug-likeness (QED) is 0.272. The van der Waals surface area contributed by atoms with Crippen molar-refractivity contribution >= 4 is 34.1 Å². The van der Waals surface area contributed by atoms with Crippen LogP contribution in [0.25, 0.3) is 28.4 Å². The average Bonchev–Trinajstić information content (AvgIpc) is 3.45. The Balaban J connectivity index is 1.86. The summed E-state index contributed by atoms with van der Waals surface area (Å²) in [7, 11) is 0. The predicted molar refractivity (Wildman–Crippen MR) is 141 cm³/mol. The number of benzene rings is 2. The summed E-state index contributed by atoms with van der Waals surface area (Å²) in [6.07, 6.45) is 1.77. The Morgan fingerprint density at radius 1 is 1.17 bits per heavy atom. The van der Waals surface area contributed by atoms with Gasteiger partial charge in [0.2, 0.25) is 10.7 Å². The van der Waals surface area contributed by atoms with Crippen molar-refractivity contribution in [1.82, 2.24) is 14.6 Å². The van der Waals surface area contributed by atoms with Gasteiger partial charge in [0.05, 0.1) is 5.69 Å². The third-order valence-electron chi connectivity index (χ3n) is 5.22. The maximum Gasteiger partial charge on any atom is 0.226 e. The van der Waals surface area contributed by atoms with E-state index in [9.17, 15) is 15.6 Å². The Kier molecular flexibility index (Phi) is 7.31. The molecule has 0 unspecified atom stereocenters. The first-order valence-corrected chi connectivity index (χ1v) is 12.4. The summed E-state index contributed by atoms with van der Waals surface area (Å²) in [6.45, 7) is 6.38. The van der Waals surface area contributed by atoms with Crippen molar-refractivity contribution in [1.29, 1.82) is 15.9 Å². The first-order chi connectivity index (χ1) is 17.5. The van der Waals surface area contributed by atoms with E-state index < -0.39 is 0 Å². The molecule has 3 N–H and O–H groups in total. The minimum absolute atomic E-state index is 0.0742. The lowest BCUT2D eigenvalue weighted by Gasteiger charge is -2.07. The molecule has 2 heterocycles. The molecule has 0 saturated heterocycles. The van der Waals surface area contributed by atoms with Crippen LogP contribution in [0.1, 0.15) is 5.56 Å². The Hall–Kier alpha value is -4.64. The Labute approximate surface area is 214 Å². The number of para-hydroxylation sites is 1. The lowest BCUT2D eigenvalue weighted by molar-refractivity contribution is 0.458. The highest BCUT2D eigenvalue weighted by Gasteiger charge is 2.12. The van der Waals surface area contributed by atoms with E-state index in [0.29, 0.717) is 17.0 Å². The highest BCUT2D eigenvalue weighted by molar-refractivity contribution is 7.07. The van der Waals surface area contributed by atoms with Crippen molar-refractivity contribution in [2.24, 2.45) is 5.10 Å². The number of rotatable bonds is 6. The van der Waals surface area contributed by atoms with Gasteiger partial charge in [0.1, 0.15) is 21.3 Å². The van der Waals surface area contributed by atoms with Crippen LogP contribution in [0.4, 0.5) is 0 Å². The van der Waals surface area contributed by atoms with Crippen molar-refractivity contribution in [3.8, 4) is 29.1 Å². The van der Waals surface area contributed by atoms with Gasteiger partial charge in [-0.15, -0.1) is 34.4 Å². The van der Waals surface area contributed by atoms with Crippen LogP contribution in [0, 0.1) is 35.0 Å². The molecule has 0 amide bonds. The summed E-state index contributed by atoms with van der Waals surface area (Å²) >= 11 is 2.36. The lowest BCUT2D eigenvalue weighted by atomic mass is 10.1. The van der Waals surface area contributed by atoms with Crippen molar-refractivity contribution in [2.75, 3.05) is 0 Å². The molecule has 4 rings (SSSR count). The SMILES string of the molecule is C=CCn1c(-c2ccc(C)cc2)cs/c1=N\N/C(O)=c1\sc(=C(C#N)C#N)n(-c2ccccc2)c1=N. The van der Waals surface area contributed by atoms with Gasteiger partial charge < -0.3 is 9.67 Å². The van der Waals surface area contributed by atoms with Crippen molar-refractivity contribution in [3.05, 3.63) is 97.7 Å². The number of nitrogens with one attached hydrogen (secondary N) is 2. The van der Waals surface area contributed by atoms with E-state index in [2.05, 4.69) is 17.1 Å². The predicted octanol–water partition coefficient (Wildman–Crippen LogP) is 2.97. The summed E-state index contributed by atoms with van der Waals surface area (Å²) in [4.78, 5) is 0.595. The van der Waals surface area contributed by atoms with E-state index in [1.807, 2.05) is 59.3 Å². The topological polar surface area (TPSA) is 126 Å². The number of aromatic nitrogens is 2. The van der Waals surface area contributed by atoms with Crippen LogP contribution in [-0.2, 0) is 6.54 Å². The van der Waals surface area contributed by atoms with Crippen LogP contribution in [0.5, 0.6) is 0 Å². The number of aliphatic hydroxyl groups is 1. The third-order valence-corrected chi connectivity index (χ3v) is 7.26. The second-order valence-electron chi connectivity index (χ2n) is 7.60. The number of aryl methyl sites for hydroxylation is 1. The van der Waals surface area contributed by atoms with Gasteiger partial charge in [-0.2, -0.15) is 10.5 Å². The zero-order chi connectivity index (χ0) is 25.7. The largest absolute Gasteiger partial charge is 0.493 e. The standard InChI is InChI=1S/C26H21N7OS2/c1-3-13-32-21(18-11-9-17(2)10-12-18)16-35-26(32)31-30-24(34)22-23(29)33(20-7-5-4-6-8-20)25(36-22)19(14-27)15-28/h3-12,16,29-30,34H,1,13H2,2H3/b24-22+,29-23?,31-26-. The van der Waals surface area contributed by atoms with Gasteiger partial charge in [0.15, 0.2) is 11.1 Å². The van der Waals surface area contributed by atoms with Gasteiger partial charge in [-0.1, -0.05) is 54.1 Å². The Morgan fingerprint density at radius 3 is 2.50 bits per heavy atom. The van der Waals surface area contributed by atoms with Crippen LogP contribution in [-0.4, -0.2) is 14.2 Å². The molecule has 0 aliphatic heterocycles. The minimum atomic E-state index is -0.355. The summed E-state index contributed by atoms with van der Waals surface area (Å²) in [5.41, 5.74) is 6.18. The maximum atomic E-state index is 10.8. The van der Waals surface area contributed by atoms with Crippen molar-refractivity contribution in [2.45, 2.75) is 13.5 Å². The van der Waals surface area contributed by atoms with E-state index in [1.165, 1.54) is 15.9 Å².